The zero-order valence-corrected chi connectivity index (χ0v) is 17.4. The molecule has 0 aliphatic heterocycles. The maximum Gasteiger partial charge on any atom is 0.216 e. The molecule has 0 saturated carbocycles. The zero-order valence-electron chi connectivity index (χ0n) is 16.6. The fourth-order valence-electron chi connectivity index (χ4n) is 2.75. The van der Waals surface area contributed by atoms with E-state index in [4.69, 9.17) is 31.2 Å². The molecule has 8 nitrogen and oxygen atoms in total. The van der Waals surface area contributed by atoms with Crippen LogP contribution in [0.1, 0.15) is 12.5 Å². The molecule has 0 atom stereocenters. The summed E-state index contributed by atoms with van der Waals surface area (Å²) in [7, 11) is 4.72. The number of nitrogens with zero attached hydrogens (tertiary/aromatic N) is 3. The fourth-order valence-corrected chi connectivity index (χ4v) is 2.93. The molecule has 29 heavy (non-hydrogen) atoms. The summed E-state index contributed by atoms with van der Waals surface area (Å²) >= 11 is 5.35. The molecular weight excluding hydrogens is 392 g/mol. The smallest absolute Gasteiger partial charge is 0.216 e. The number of benzene rings is 2. The minimum Gasteiger partial charge on any atom is -0.496 e. The molecule has 3 rings (SSSR count). The molecule has 0 aliphatic rings. The van der Waals surface area contributed by atoms with E-state index in [0.717, 1.165) is 11.3 Å². The normalized spacial score (nSPS) is 10.9. The third-order valence-corrected chi connectivity index (χ3v) is 4.37. The van der Waals surface area contributed by atoms with E-state index in [1.54, 1.807) is 39.7 Å². The summed E-state index contributed by atoms with van der Waals surface area (Å²) in [6.45, 7) is 2.51. The second-order valence-electron chi connectivity index (χ2n) is 5.82. The summed E-state index contributed by atoms with van der Waals surface area (Å²) in [4.78, 5) is 0. The first-order chi connectivity index (χ1) is 14.1. The third-order valence-electron chi connectivity index (χ3n) is 4.11. The maximum absolute atomic E-state index is 5.57. The van der Waals surface area contributed by atoms with Crippen molar-refractivity contribution in [3.63, 3.8) is 0 Å². The topological polar surface area (TPSA) is 82.9 Å². The highest BCUT2D eigenvalue weighted by atomic mass is 32.1. The lowest BCUT2D eigenvalue weighted by molar-refractivity contribution is 0.340. The SMILES string of the molecule is CCOc1cccc(-c2n[nH]c(=S)n2/N=C\c2c(OC)cc(OC)cc2OC)c1. The zero-order chi connectivity index (χ0) is 20.8. The first-order valence-electron chi connectivity index (χ1n) is 8.86. The van der Waals surface area contributed by atoms with Crippen molar-refractivity contribution in [2.24, 2.45) is 5.10 Å². The molecule has 1 N–H and O–H groups in total. The van der Waals surface area contributed by atoms with Gasteiger partial charge >= 0.3 is 0 Å². The third kappa shape index (κ3) is 4.40. The van der Waals surface area contributed by atoms with Gasteiger partial charge < -0.3 is 18.9 Å². The van der Waals surface area contributed by atoms with Gasteiger partial charge in [0, 0.05) is 17.7 Å². The van der Waals surface area contributed by atoms with Gasteiger partial charge in [0.2, 0.25) is 4.77 Å². The van der Waals surface area contributed by atoms with E-state index in [-0.39, 0.29) is 0 Å². The molecule has 0 saturated heterocycles. The Morgan fingerprint density at radius 2 is 1.79 bits per heavy atom. The van der Waals surface area contributed by atoms with E-state index in [9.17, 15) is 0 Å². The molecule has 1 heterocycles. The highest BCUT2D eigenvalue weighted by Gasteiger charge is 2.13. The largest absolute Gasteiger partial charge is 0.496 e. The van der Waals surface area contributed by atoms with Crippen molar-refractivity contribution < 1.29 is 18.9 Å². The van der Waals surface area contributed by atoms with Gasteiger partial charge in [0.05, 0.1) is 39.7 Å². The van der Waals surface area contributed by atoms with Crippen LogP contribution >= 0.6 is 12.2 Å². The Kier molecular flexibility index (Phi) is 6.50. The Bertz CT molecular complexity index is 1050. The number of ether oxygens (including phenoxy) is 4. The number of methoxy groups -OCH3 is 3. The van der Waals surface area contributed by atoms with Gasteiger partial charge in [-0.05, 0) is 31.3 Å². The van der Waals surface area contributed by atoms with E-state index >= 15 is 0 Å². The monoisotopic (exact) mass is 414 g/mol. The predicted molar refractivity (Wildman–Crippen MR) is 113 cm³/mol. The number of hydrogen-bond acceptors (Lipinski definition) is 7. The average Bonchev–Trinajstić information content (AvgIpc) is 3.12. The first-order valence-corrected chi connectivity index (χ1v) is 9.27. The van der Waals surface area contributed by atoms with E-state index in [2.05, 4.69) is 15.3 Å². The lowest BCUT2D eigenvalue weighted by atomic mass is 10.2. The minimum atomic E-state index is 0.351. The van der Waals surface area contributed by atoms with Gasteiger partial charge in [0.25, 0.3) is 0 Å². The fraction of sp³-hybridized carbons (Fsp3) is 0.250. The molecule has 0 radical (unpaired) electrons. The standard InChI is InChI=1S/C20H22N4O4S/c1-5-28-14-8-6-7-13(9-14)19-22-23-20(29)24(19)21-12-16-17(26-3)10-15(25-2)11-18(16)27-4/h6-12H,5H2,1-4H3,(H,23,29)/b21-12-. The van der Waals surface area contributed by atoms with Crippen molar-refractivity contribution in [3.8, 4) is 34.4 Å². The Hall–Kier alpha value is -3.33. The molecule has 1 aromatic heterocycles. The quantitative estimate of drug-likeness (QED) is 0.444. The number of aromatic nitrogens is 3. The molecule has 152 valence electrons. The van der Waals surface area contributed by atoms with Crippen LogP contribution in [-0.2, 0) is 0 Å². The Morgan fingerprint density at radius 3 is 2.41 bits per heavy atom. The highest BCUT2D eigenvalue weighted by Crippen LogP contribution is 2.33. The van der Waals surface area contributed by atoms with Gasteiger partial charge in [-0.15, -0.1) is 0 Å². The number of nitrogens with one attached hydrogen (secondary N) is 1. The van der Waals surface area contributed by atoms with E-state index < -0.39 is 0 Å². The number of aromatic amines is 1. The van der Waals surface area contributed by atoms with Crippen molar-refractivity contribution in [1.29, 1.82) is 0 Å². The van der Waals surface area contributed by atoms with Gasteiger partial charge in [-0.3, -0.25) is 0 Å². The number of H-pyrrole nitrogens is 1. The van der Waals surface area contributed by atoms with Crippen LogP contribution in [0.3, 0.4) is 0 Å². The van der Waals surface area contributed by atoms with E-state index in [1.807, 2.05) is 31.2 Å². The molecule has 2 aromatic carbocycles. The summed E-state index contributed by atoms with van der Waals surface area (Å²) < 4.78 is 23.7. The summed E-state index contributed by atoms with van der Waals surface area (Å²) in [6.07, 6.45) is 1.61. The van der Waals surface area contributed by atoms with E-state index in [1.165, 1.54) is 4.68 Å². The highest BCUT2D eigenvalue weighted by molar-refractivity contribution is 7.71. The number of rotatable bonds is 8. The Morgan fingerprint density at radius 1 is 1.07 bits per heavy atom. The second-order valence-corrected chi connectivity index (χ2v) is 6.20. The van der Waals surface area contributed by atoms with Crippen LogP contribution in [-0.4, -0.2) is 49.0 Å². The average molecular weight is 414 g/mol. The van der Waals surface area contributed by atoms with Crippen molar-refractivity contribution in [3.05, 3.63) is 46.7 Å². The number of hydrogen-bond donors (Lipinski definition) is 1. The summed E-state index contributed by atoms with van der Waals surface area (Å²) in [5.41, 5.74) is 1.46. The molecule has 9 heteroatoms. The van der Waals surface area contributed by atoms with Crippen LogP contribution in [0.15, 0.2) is 41.5 Å². The second kappa shape index (κ2) is 9.24. The predicted octanol–water partition coefficient (Wildman–Crippen LogP) is 3.91. The van der Waals surface area contributed by atoms with Crippen molar-refractivity contribution in [1.82, 2.24) is 14.9 Å². The van der Waals surface area contributed by atoms with Crippen LogP contribution < -0.4 is 18.9 Å². The van der Waals surface area contributed by atoms with Crippen LogP contribution in [0.4, 0.5) is 0 Å². The van der Waals surface area contributed by atoms with Crippen molar-refractivity contribution >= 4 is 18.4 Å². The molecule has 0 bridgehead atoms. The summed E-state index contributed by atoms with van der Waals surface area (Å²) in [5, 5.41) is 11.6. The molecular formula is C20H22N4O4S. The van der Waals surface area contributed by atoms with Gasteiger partial charge in [0.15, 0.2) is 5.82 Å². The van der Waals surface area contributed by atoms with Gasteiger partial charge in [-0.2, -0.15) is 14.9 Å². The molecule has 0 fully saturated rings. The van der Waals surface area contributed by atoms with Gasteiger partial charge in [-0.25, -0.2) is 5.10 Å². The lowest BCUT2D eigenvalue weighted by Gasteiger charge is -2.12. The molecule has 0 aliphatic carbocycles. The van der Waals surface area contributed by atoms with Crippen LogP contribution in [0.25, 0.3) is 11.4 Å². The lowest BCUT2D eigenvalue weighted by Crippen LogP contribution is -2.00. The molecule has 0 spiro atoms. The van der Waals surface area contributed by atoms with Crippen LogP contribution in [0, 0.1) is 4.77 Å². The van der Waals surface area contributed by atoms with Crippen molar-refractivity contribution in [2.45, 2.75) is 6.92 Å². The van der Waals surface area contributed by atoms with E-state index in [0.29, 0.717) is 40.0 Å². The summed E-state index contributed by atoms with van der Waals surface area (Å²) in [5.74, 6) is 3.02. The van der Waals surface area contributed by atoms with Crippen molar-refractivity contribution in [2.75, 3.05) is 27.9 Å². The van der Waals surface area contributed by atoms with Crippen LogP contribution in [0.5, 0.6) is 23.0 Å². The Balaban J connectivity index is 2.05. The Labute approximate surface area is 173 Å². The minimum absolute atomic E-state index is 0.351. The first kappa shape index (κ1) is 20.4. The molecule has 0 amide bonds. The van der Waals surface area contributed by atoms with Crippen LogP contribution in [0.2, 0.25) is 0 Å². The maximum atomic E-state index is 5.57. The summed E-state index contributed by atoms with van der Waals surface area (Å²) in [6, 6.07) is 11.1. The molecule has 0 unspecified atom stereocenters. The van der Waals surface area contributed by atoms with Gasteiger partial charge in [0.1, 0.15) is 23.0 Å². The van der Waals surface area contributed by atoms with Gasteiger partial charge in [-0.1, -0.05) is 12.1 Å². The molecule has 3 aromatic rings.